The van der Waals surface area contributed by atoms with E-state index in [4.69, 9.17) is 0 Å². The molecule has 0 aliphatic carbocycles. The molecular formula is C12H7F5O. The number of ether oxygens (including phenoxy) is 1. The Morgan fingerprint density at radius 1 is 0.944 bits per heavy atom. The van der Waals surface area contributed by atoms with Gasteiger partial charge in [0.05, 0.1) is 0 Å². The van der Waals surface area contributed by atoms with Crippen molar-refractivity contribution < 1.29 is 26.7 Å². The molecule has 18 heavy (non-hydrogen) atoms. The molecule has 0 atom stereocenters. The van der Waals surface area contributed by atoms with Gasteiger partial charge in [0.1, 0.15) is 5.82 Å². The molecule has 0 aliphatic heterocycles. The molecule has 0 aliphatic rings. The van der Waals surface area contributed by atoms with E-state index in [1.54, 1.807) is 6.92 Å². The number of rotatable bonds is 1. The quantitative estimate of drug-likeness (QED) is 0.695. The van der Waals surface area contributed by atoms with E-state index in [-0.39, 0.29) is 10.8 Å². The van der Waals surface area contributed by atoms with Crippen LogP contribution in [0.25, 0.3) is 10.8 Å². The largest absolute Gasteiger partial charge is 0.573 e. The van der Waals surface area contributed by atoms with E-state index in [9.17, 15) is 22.0 Å². The molecule has 0 heterocycles. The monoisotopic (exact) mass is 262 g/mol. The fourth-order valence-electron chi connectivity index (χ4n) is 1.66. The van der Waals surface area contributed by atoms with Gasteiger partial charge in [-0.1, -0.05) is 6.07 Å². The van der Waals surface area contributed by atoms with E-state index >= 15 is 0 Å². The lowest BCUT2D eigenvalue weighted by Gasteiger charge is -2.11. The van der Waals surface area contributed by atoms with Crippen molar-refractivity contribution in [3.8, 4) is 5.75 Å². The Morgan fingerprint density at radius 2 is 1.61 bits per heavy atom. The Hall–Kier alpha value is -1.85. The number of hydrogen-bond donors (Lipinski definition) is 0. The number of fused-ring (bicyclic) bond motifs is 1. The van der Waals surface area contributed by atoms with Crippen molar-refractivity contribution in [2.75, 3.05) is 0 Å². The van der Waals surface area contributed by atoms with Crippen LogP contribution in [-0.2, 0) is 0 Å². The molecule has 2 aromatic carbocycles. The number of benzene rings is 2. The van der Waals surface area contributed by atoms with Crippen LogP contribution in [0, 0.1) is 18.6 Å². The first-order chi connectivity index (χ1) is 8.26. The van der Waals surface area contributed by atoms with Gasteiger partial charge in [0.25, 0.3) is 0 Å². The minimum atomic E-state index is -5.02. The van der Waals surface area contributed by atoms with Gasteiger partial charge in [-0.3, -0.25) is 0 Å². The smallest absolute Gasteiger partial charge is 0.403 e. The first kappa shape index (κ1) is 12.6. The Bertz CT molecular complexity index is 603. The zero-order valence-electron chi connectivity index (χ0n) is 9.11. The maximum absolute atomic E-state index is 13.5. The van der Waals surface area contributed by atoms with Crippen molar-refractivity contribution in [1.29, 1.82) is 0 Å². The summed E-state index contributed by atoms with van der Waals surface area (Å²) in [5.41, 5.74) is 0.545. The van der Waals surface area contributed by atoms with Crippen molar-refractivity contribution in [1.82, 2.24) is 0 Å². The van der Waals surface area contributed by atoms with E-state index in [1.165, 1.54) is 6.07 Å². The first-order valence-corrected chi connectivity index (χ1v) is 4.91. The topological polar surface area (TPSA) is 9.23 Å². The summed E-state index contributed by atoms with van der Waals surface area (Å²) in [6.45, 7) is 1.60. The molecular weight excluding hydrogens is 255 g/mol. The van der Waals surface area contributed by atoms with E-state index in [0.29, 0.717) is 11.6 Å². The lowest BCUT2D eigenvalue weighted by atomic mass is 10.1. The fraction of sp³-hybridized carbons (Fsp3) is 0.167. The molecule has 0 aromatic heterocycles. The van der Waals surface area contributed by atoms with Crippen LogP contribution < -0.4 is 4.74 Å². The summed E-state index contributed by atoms with van der Waals surface area (Å²) in [5, 5.41) is 0.0563. The molecule has 1 nitrogen and oxygen atoms in total. The van der Waals surface area contributed by atoms with Gasteiger partial charge in [-0.05, 0) is 36.1 Å². The van der Waals surface area contributed by atoms with Gasteiger partial charge in [-0.15, -0.1) is 13.2 Å². The van der Waals surface area contributed by atoms with Gasteiger partial charge in [-0.25, -0.2) is 8.78 Å². The molecule has 2 rings (SSSR count). The molecule has 6 heteroatoms. The van der Waals surface area contributed by atoms with E-state index < -0.39 is 23.7 Å². The average Bonchev–Trinajstić information content (AvgIpc) is 2.18. The Morgan fingerprint density at radius 3 is 2.22 bits per heavy atom. The predicted octanol–water partition coefficient (Wildman–Crippen LogP) is 4.33. The summed E-state index contributed by atoms with van der Waals surface area (Å²) in [6.07, 6.45) is -5.02. The number of aryl methyl sites for hydroxylation is 1. The normalized spacial score (nSPS) is 11.9. The van der Waals surface area contributed by atoms with Crippen LogP contribution in [0.5, 0.6) is 5.75 Å². The van der Waals surface area contributed by atoms with Gasteiger partial charge in [0, 0.05) is 5.39 Å². The molecule has 0 spiro atoms. The molecule has 0 saturated carbocycles. The standard InChI is InChI=1S/C12H7F5O/c1-6-2-7-4-10(14)11(18-12(15,16)17)5-8(7)9(13)3-6/h2-5H,1H3. The number of hydrogen-bond acceptors (Lipinski definition) is 1. The highest BCUT2D eigenvalue weighted by molar-refractivity contribution is 5.85. The van der Waals surface area contributed by atoms with Gasteiger partial charge in [0.2, 0.25) is 0 Å². The van der Waals surface area contributed by atoms with E-state index in [2.05, 4.69) is 4.74 Å². The van der Waals surface area contributed by atoms with Gasteiger partial charge in [0.15, 0.2) is 11.6 Å². The van der Waals surface area contributed by atoms with Crippen molar-refractivity contribution in [2.45, 2.75) is 13.3 Å². The highest BCUT2D eigenvalue weighted by Gasteiger charge is 2.32. The molecule has 0 bridgehead atoms. The molecule has 0 fully saturated rings. The third-order valence-corrected chi connectivity index (χ3v) is 2.32. The van der Waals surface area contributed by atoms with Gasteiger partial charge < -0.3 is 4.74 Å². The van der Waals surface area contributed by atoms with Crippen LogP contribution >= 0.6 is 0 Å². The summed E-state index contributed by atoms with van der Waals surface area (Å²) in [5.74, 6) is -2.96. The van der Waals surface area contributed by atoms with Crippen molar-refractivity contribution >= 4 is 10.8 Å². The first-order valence-electron chi connectivity index (χ1n) is 4.91. The minimum Gasteiger partial charge on any atom is -0.403 e. The van der Waals surface area contributed by atoms with E-state index in [1.807, 2.05) is 0 Å². The number of halogens is 5. The Balaban J connectivity index is 2.61. The van der Waals surface area contributed by atoms with E-state index in [0.717, 1.165) is 12.1 Å². The Kier molecular flexibility index (Phi) is 2.88. The third-order valence-electron chi connectivity index (χ3n) is 2.32. The highest BCUT2D eigenvalue weighted by Crippen LogP contribution is 2.31. The second-order valence-electron chi connectivity index (χ2n) is 3.80. The minimum absolute atomic E-state index is 0.124. The van der Waals surface area contributed by atoms with Crippen molar-refractivity contribution in [3.05, 3.63) is 41.5 Å². The molecule has 0 N–H and O–H groups in total. The van der Waals surface area contributed by atoms with Crippen LogP contribution in [0.1, 0.15) is 5.56 Å². The number of alkyl halides is 3. The van der Waals surface area contributed by atoms with Crippen molar-refractivity contribution in [2.24, 2.45) is 0 Å². The molecule has 96 valence electrons. The summed E-state index contributed by atoms with van der Waals surface area (Å²) >= 11 is 0. The SMILES string of the molecule is Cc1cc(F)c2cc(OC(F)(F)F)c(F)cc2c1. The molecule has 2 aromatic rings. The lowest BCUT2D eigenvalue weighted by Crippen LogP contribution is -2.18. The second-order valence-corrected chi connectivity index (χ2v) is 3.80. The summed E-state index contributed by atoms with van der Waals surface area (Å²) in [4.78, 5) is 0. The molecule has 0 amide bonds. The zero-order valence-corrected chi connectivity index (χ0v) is 9.11. The molecule has 0 unspecified atom stereocenters. The average molecular weight is 262 g/mol. The zero-order chi connectivity index (χ0) is 13.5. The summed E-state index contributed by atoms with van der Waals surface area (Å²) in [6, 6.07) is 4.13. The maximum atomic E-state index is 13.5. The van der Waals surface area contributed by atoms with Gasteiger partial charge >= 0.3 is 6.36 Å². The fourth-order valence-corrected chi connectivity index (χ4v) is 1.66. The van der Waals surface area contributed by atoms with Crippen LogP contribution in [-0.4, -0.2) is 6.36 Å². The maximum Gasteiger partial charge on any atom is 0.573 e. The van der Waals surface area contributed by atoms with Crippen LogP contribution in [0.3, 0.4) is 0 Å². The highest BCUT2D eigenvalue weighted by atomic mass is 19.4. The predicted molar refractivity (Wildman–Crippen MR) is 55.3 cm³/mol. The third kappa shape index (κ3) is 2.52. The van der Waals surface area contributed by atoms with Gasteiger partial charge in [-0.2, -0.15) is 0 Å². The van der Waals surface area contributed by atoms with Crippen LogP contribution in [0.15, 0.2) is 24.3 Å². The van der Waals surface area contributed by atoms with Crippen LogP contribution in [0.2, 0.25) is 0 Å². The van der Waals surface area contributed by atoms with Crippen molar-refractivity contribution in [3.63, 3.8) is 0 Å². The Labute approximate surface area is 98.8 Å². The molecule has 0 radical (unpaired) electrons. The second kappa shape index (κ2) is 4.12. The lowest BCUT2D eigenvalue weighted by molar-refractivity contribution is -0.275. The summed E-state index contributed by atoms with van der Waals surface area (Å²) < 4.78 is 66.4. The van der Waals surface area contributed by atoms with Crippen LogP contribution in [0.4, 0.5) is 22.0 Å². The summed E-state index contributed by atoms with van der Waals surface area (Å²) in [7, 11) is 0. The molecule has 0 saturated heterocycles.